The van der Waals surface area contributed by atoms with Crippen molar-refractivity contribution < 1.29 is 19.5 Å². The van der Waals surface area contributed by atoms with Gasteiger partial charge in [0.2, 0.25) is 0 Å². The standard InChI is InChI=1S/C19H35NO3/c1-5-6-7-8-9-10-11-12-13-14-15-19(23,16-18(21)22)17-20(2,3)4/h12-15,23H,5-11,16-17H2,1-4H3/p+1. The van der Waals surface area contributed by atoms with Crippen molar-refractivity contribution in [2.24, 2.45) is 0 Å². The minimum absolute atomic E-state index is 0.274. The van der Waals surface area contributed by atoms with Crippen LogP contribution in [-0.4, -0.2) is 54.0 Å². The van der Waals surface area contributed by atoms with Gasteiger partial charge in [-0.15, -0.1) is 0 Å². The number of hydrogen-bond donors (Lipinski definition) is 2. The van der Waals surface area contributed by atoms with Crippen molar-refractivity contribution in [3.63, 3.8) is 0 Å². The first-order chi connectivity index (χ1) is 10.7. The fourth-order valence-corrected chi connectivity index (χ4v) is 2.70. The van der Waals surface area contributed by atoms with Gasteiger partial charge in [0.25, 0.3) is 0 Å². The van der Waals surface area contributed by atoms with E-state index in [1.54, 1.807) is 12.2 Å². The van der Waals surface area contributed by atoms with Crippen LogP contribution >= 0.6 is 0 Å². The molecule has 0 aliphatic rings. The summed E-state index contributed by atoms with van der Waals surface area (Å²) in [5.74, 6) is -0.985. The Morgan fingerprint density at radius 3 is 2.22 bits per heavy atom. The molecule has 0 aromatic rings. The van der Waals surface area contributed by atoms with Crippen LogP contribution in [0.15, 0.2) is 24.3 Å². The third-order valence-electron chi connectivity index (χ3n) is 3.58. The Morgan fingerprint density at radius 1 is 1.04 bits per heavy atom. The van der Waals surface area contributed by atoms with Crippen molar-refractivity contribution in [1.29, 1.82) is 0 Å². The number of hydrogen-bond acceptors (Lipinski definition) is 2. The lowest BCUT2D eigenvalue weighted by Gasteiger charge is -2.32. The lowest BCUT2D eigenvalue weighted by molar-refractivity contribution is -0.876. The highest BCUT2D eigenvalue weighted by atomic mass is 16.4. The summed E-state index contributed by atoms with van der Waals surface area (Å²) in [6.07, 6.45) is 15.8. The molecule has 4 heteroatoms. The first-order valence-electron chi connectivity index (χ1n) is 8.77. The molecule has 0 amide bonds. The number of quaternary nitrogens is 1. The second kappa shape index (κ2) is 11.4. The van der Waals surface area contributed by atoms with Crippen LogP contribution in [0, 0.1) is 0 Å². The second-order valence-electron chi connectivity index (χ2n) is 7.47. The van der Waals surface area contributed by atoms with Crippen LogP contribution in [0.2, 0.25) is 0 Å². The zero-order valence-corrected chi connectivity index (χ0v) is 15.4. The highest BCUT2D eigenvalue weighted by Gasteiger charge is 2.33. The summed E-state index contributed by atoms with van der Waals surface area (Å²) in [4.78, 5) is 11.0. The normalized spacial score (nSPS) is 15.3. The fourth-order valence-electron chi connectivity index (χ4n) is 2.70. The zero-order valence-electron chi connectivity index (χ0n) is 15.4. The Kier molecular flexibility index (Phi) is 10.9. The third-order valence-corrected chi connectivity index (χ3v) is 3.58. The van der Waals surface area contributed by atoms with Gasteiger partial charge in [0.1, 0.15) is 12.1 Å². The van der Waals surface area contributed by atoms with Crippen molar-refractivity contribution in [3.8, 4) is 0 Å². The number of carboxylic acids is 1. The van der Waals surface area contributed by atoms with Gasteiger partial charge in [0.05, 0.1) is 27.6 Å². The van der Waals surface area contributed by atoms with Crippen LogP contribution in [0.25, 0.3) is 0 Å². The number of carboxylic acid groups (broad SMARTS) is 1. The van der Waals surface area contributed by atoms with Crippen LogP contribution < -0.4 is 0 Å². The maximum Gasteiger partial charge on any atom is 0.306 e. The fraction of sp³-hybridized carbons (Fsp3) is 0.737. The van der Waals surface area contributed by atoms with E-state index in [4.69, 9.17) is 5.11 Å². The number of aliphatic carboxylic acids is 1. The van der Waals surface area contributed by atoms with Crippen molar-refractivity contribution in [2.45, 2.75) is 63.9 Å². The average molecular weight is 327 g/mol. The van der Waals surface area contributed by atoms with Crippen molar-refractivity contribution in [2.75, 3.05) is 27.7 Å². The van der Waals surface area contributed by atoms with Crippen LogP contribution in [0.1, 0.15) is 58.3 Å². The molecule has 0 aromatic carbocycles. The molecule has 0 saturated heterocycles. The third kappa shape index (κ3) is 14.2. The van der Waals surface area contributed by atoms with E-state index in [0.717, 1.165) is 6.42 Å². The van der Waals surface area contributed by atoms with Crippen LogP contribution in [0.4, 0.5) is 0 Å². The molecular formula is C19H36NO3+. The van der Waals surface area contributed by atoms with Gasteiger partial charge in [-0.3, -0.25) is 4.79 Å². The van der Waals surface area contributed by atoms with E-state index in [0.29, 0.717) is 11.0 Å². The molecule has 23 heavy (non-hydrogen) atoms. The molecule has 2 N–H and O–H groups in total. The second-order valence-corrected chi connectivity index (χ2v) is 7.47. The summed E-state index contributed by atoms with van der Waals surface area (Å²) in [6.45, 7) is 2.58. The van der Waals surface area contributed by atoms with Crippen LogP contribution in [0.3, 0.4) is 0 Å². The van der Waals surface area contributed by atoms with Gasteiger partial charge >= 0.3 is 5.97 Å². The molecule has 0 saturated carbocycles. The highest BCUT2D eigenvalue weighted by molar-refractivity contribution is 5.68. The molecule has 0 radical (unpaired) electrons. The lowest BCUT2D eigenvalue weighted by atomic mass is 9.97. The molecule has 0 rings (SSSR count). The summed E-state index contributed by atoms with van der Waals surface area (Å²) in [5.41, 5.74) is -1.31. The predicted octanol–water partition coefficient (Wildman–Crippen LogP) is 3.76. The van der Waals surface area contributed by atoms with Crippen molar-refractivity contribution in [1.82, 2.24) is 0 Å². The molecule has 134 valence electrons. The smallest absolute Gasteiger partial charge is 0.306 e. The maximum absolute atomic E-state index is 11.0. The van der Waals surface area contributed by atoms with Gasteiger partial charge in [-0.25, -0.2) is 0 Å². The number of unbranched alkanes of at least 4 members (excludes halogenated alkanes) is 6. The van der Waals surface area contributed by atoms with Gasteiger partial charge in [-0.05, 0) is 18.9 Å². The first kappa shape index (κ1) is 21.9. The summed E-state index contributed by atoms with van der Waals surface area (Å²) in [7, 11) is 5.82. The van der Waals surface area contributed by atoms with Crippen LogP contribution in [-0.2, 0) is 4.79 Å². The number of nitrogens with zero attached hydrogens (tertiary/aromatic N) is 1. The molecule has 0 aliphatic carbocycles. The van der Waals surface area contributed by atoms with E-state index in [1.807, 2.05) is 27.2 Å². The predicted molar refractivity (Wildman–Crippen MR) is 96.4 cm³/mol. The zero-order chi connectivity index (χ0) is 17.8. The molecule has 0 aromatic heterocycles. The minimum atomic E-state index is -1.31. The van der Waals surface area contributed by atoms with Gasteiger partial charge in [0, 0.05) is 0 Å². The molecule has 0 spiro atoms. The molecule has 1 unspecified atom stereocenters. The molecule has 1 atom stereocenters. The Balaban J connectivity index is 4.23. The van der Waals surface area contributed by atoms with Crippen molar-refractivity contribution >= 4 is 5.97 Å². The molecule has 0 aliphatic heterocycles. The Hall–Kier alpha value is -1.13. The SMILES string of the molecule is CCCCCCCCC=CC=CC(O)(CC(=O)O)C[N+](C)(C)C. The quantitative estimate of drug-likeness (QED) is 0.308. The summed E-state index contributed by atoms with van der Waals surface area (Å²) >= 11 is 0. The summed E-state index contributed by atoms with van der Waals surface area (Å²) < 4.78 is 0.510. The van der Waals surface area contributed by atoms with E-state index in [9.17, 15) is 9.90 Å². The number of carbonyl (C=O) groups is 1. The molecule has 4 nitrogen and oxygen atoms in total. The monoisotopic (exact) mass is 326 g/mol. The first-order valence-corrected chi connectivity index (χ1v) is 8.77. The Bertz CT molecular complexity index is 383. The molecule has 0 fully saturated rings. The molecular weight excluding hydrogens is 290 g/mol. The number of aliphatic hydroxyl groups is 1. The van der Waals surface area contributed by atoms with Gasteiger partial charge in [-0.2, -0.15) is 0 Å². The van der Waals surface area contributed by atoms with Gasteiger partial charge in [-0.1, -0.05) is 57.3 Å². The van der Waals surface area contributed by atoms with Crippen LogP contribution in [0.5, 0.6) is 0 Å². The topological polar surface area (TPSA) is 57.5 Å². The largest absolute Gasteiger partial charge is 0.481 e. The highest BCUT2D eigenvalue weighted by Crippen LogP contribution is 2.16. The lowest BCUT2D eigenvalue weighted by Crippen LogP contribution is -2.49. The van der Waals surface area contributed by atoms with E-state index in [-0.39, 0.29) is 6.42 Å². The average Bonchev–Trinajstić information content (AvgIpc) is 2.37. The number of allylic oxidation sites excluding steroid dienone is 3. The Labute approximate surface area is 142 Å². The maximum atomic E-state index is 11.0. The van der Waals surface area contributed by atoms with Gasteiger partial charge in [0.15, 0.2) is 0 Å². The number of rotatable bonds is 13. The number of likely N-dealkylation sites (N-methyl/N-ethyl adjacent to an activating group) is 1. The van der Waals surface area contributed by atoms with E-state index in [1.165, 1.54) is 38.5 Å². The van der Waals surface area contributed by atoms with Gasteiger partial charge < -0.3 is 14.7 Å². The summed E-state index contributed by atoms with van der Waals surface area (Å²) in [6, 6.07) is 0. The van der Waals surface area contributed by atoms with E-state index in [2.05, 4.69) is 13.0 Å². The van der Waals surface area contributed by atoms with E-state index < -0.39 is 11.6 Å². The minimum Gasteiger partial charge on any atom is -0.481 e. The molecule has 0 heterocycles. The van der Waals surface area contributed by atoms with E-state index >= 15 is 0 Å². The van der Waals surface area contributed by atoms with Crippen molar-refractivity contribution in [3.05, 3.63) is 24.3 Å². The Morgan fingerprint density at radius 2 is 1.65 bits per heavy atom. The summed E-state index contributed by atoms with van der Waals surface area (Å²) in [5, 5.41) is 19.5. The molecule has 0 bridgehead atoms.